The lowest BCUT2D eigenvalue weighted by atomic mass is 9.85. The van der Waals surface area contributed by atoms with E-state index in [9.17, 15) is 14.0 Å². The molecule has 6 nitrogen and oxygen atoms in total. The molecule has 1 aromatic carbocycles. The normalized spacial score (nSPS) is 17.1. The molecule has 1 aromatic heterocycles. The van der Waals surface area contributed by atoms with Crippen molar-refractivity contribution in [2.24, 2.45) is 5.92 Å². The van der Waals surface area contributed by atoms with Gasteiger partial charge in [-0.3, -0.25) is 9.69 Å². The average molecular weight is 368 g/mol. The molecule has 0 unspecified atom stereocenters. The quantitative estimate of drug-likeness (QED) is 0.880. The van der Waals surface area contributed by atoms with Crippen molar-refractivity contribution in [2.75, 3.05) is 23.3 Å². The smallest absolute Gasteiger partial charge is 0.324 e. The molecular weight excluding hydrogens is 347 g/mol. The second-order valence-corrected chi connectivity index (χ2v) is 7.00. The Morgan fingerprint density at radius 2 is 1.93 bits per heavy atom. The highest BCUT2D eigenvalue weighted by atomic mass is 19.1. The minimum absolute atomic E-state index is 0.0403. The first-order chi connectivity index (χ1) is 13.1. The fourth-order valence-corrected chi connectivity index (χ4v) is 3.29. The molecule has 0 bridgehead atoms. The summed E-state index contributed by atoms with van der Waals surface area (Å²) in [7, 11) is 0. The topological polar surface area (TPSA) is 65.5 Å². The van der Waals surface area contributed by atoms with Crippen molar-refractivity contribution >= 4 is 23.4 Å². The summed E-state index contributed by atoms with van der Waals surface area (Å²) in [5, 5.41) is 2.87. The van der Waals surface area contributed by atoms with Crippen molar-refractivity contribution < 1.29 is 14.0 Å². The van der Waals surface area contributed by atoms with Crippen LogP contribution < -0.4 is 10.2 Å². The van der Waals surface area contributed by atoms with Crippen LogP contribution in [0.5, 0.6) is 0 Å². The number of amides is 3. The van der Waals surface area contributed by atoms with Gasteiger partial charge in [-0.25, -0.2) is 14.2 Å². The third-order valence-electron chi connectivity index (χ3n) is 5.15. The van der Waals surface area contributed by atoms with Crippen LogP contribution in [0.3, 0.4) is 0 Å². The summed E-state index contributed by atoms with van der Waals surface area (Å²) in [5.41, 5.74) is 1.53. The van der Waals surface area contributed by atoms with Gasteiger partial charge >= 0.3 is 6.03 Å². The third-order valence-corrected chi connectivity index (χ3v) is 5.15. The molecule has 27 heavy (non-hydrogen) atoms. The molecule has 1 saturated heterocycles. The van der Waals surface area contributed by atoms with Crippen molar-refractivity contribution in [1.82, 2.24) is 9.88 Å². The summed E-state index contributed by atoms with van der Waals surface area (Å²) in [6.07, 6.45) is 4.59. The maximum atomic E-state index is 13.0. The largest absolute Gasteiger partial charge is 0.326 e. The molecule has 2 aliphatic rings. The average Bonchev–Trinajstić information content (AvgIpc) is 2.97. The van der Waals surface area contributed by atoms with E-state index in [4.69, 9.17) is 0 Å². The molecule has 1 N–H and O–H groups in total. The first-order valence-electron chi connectivity index (χ1n) is 9.18. The van der Waals surface area contributed by atoms with Crippen LogP contribution >= 0.6 is 0 Å². The number of carbonyl (C=O) groups excluding carboxylic acids is 2. The van der Waals surface area contributed by atoms with Gasteiger partial charge in [0.25, 0.3) is 0 Å². The maximum absolute atomic E-state index is 13.0. The van der Waals surface area contributed by atoms with E-state index in [0.29, 0.717) is 31.1 Å². The molecule has 1 aliphatic carbocycles. The van der Waals surface area contributed by atoms with Crippen LogP contribution in [0.4, 0.5) is 20.7 Å². The van der Waals surface area contributed by atoms with Crippen LogP contribution in [0, 0.1) is 11.7 Å². The Bertz CT molecular complexity index is 834. The highest BCUT2D eigenvalue weighted by Gasteiger charge is 2.30. The molecule has 0 atom stereocenters. The number of pyridine rings is 1. The summed E-state index contributed by atoms with van der Waals surface area (Å²) >= 11 is 0. The van der Waals surface area contributed by atoms with Gasteiger partial charge in [-0.05, 0) is 42.7 Å². The predicted molar refractivity (Wildman–Crippen MR) is 99.8 cm³/mol. The number of carbonyl (C=O) groups is 2. The number of hydrogen-bond donors (Lipinski definition) is 1. The van der Waals surface area contributed by atoms with Crippen molar-refractivity contribution in [3.8, 4) is 0 Å². The zero-order chi connectivity index (χ0) is 18.8. The van der Waals surface area contributed by atoms with E-state index < -0.39 is 0 Å². The van der Waals surface area contributed by atoms with Crippen molar-refractivity contribution in [1.29, 1.82) is 0 Å². The molecule has 2 fully saturated rings. The molecule has 0 radical (unpaired) electrons. The Kier molecular flexibility index (Phi) is 4.75. The number of anilines is 2. The Balaban J connectivity index is 1.37. The zero-order valence-electron chi connectivity index (χ0n) is 14.9. The van der Waals surface area contributed by atoms with Crippen LogP contribution in [0.25, 0.3) is 0 Å². The molecule has 4 rings (SSSR count). The van der Waals surface area contributed by atoms with Crippen LogP contribution in [0.2, 0.25) is 0 Å². The molecule has 1 saturated carbocycles. The summed E-state index contributed by atoms with van der Waals surface area (Å²) in [6.45, 7) is 1.56. The number of aromatic nitrogens is 1. The standard InChI is InChI=1S/C20H21FN4O2/c21-16-6-4-14(5-7-16)13-24-10-11-25(20(24)27)18-9-8-17(12-22-18)23-19(26)15-2-1-3-15/h4-9,12,15H,1-3,10-11,13H2,(H,23,26). The van der Waals surface area contributed by atoms with E-state index in [0.717, 1.165) is 24.8 Å². The highest BCUT2D eigenvalue weighted by molar-refractivity contribution is 5.94. The summed E-state index contributed by atoms with van der Waals surface area (Å²) < 4.78 is 13.0. The molecule has 7 heteroatoms. The first kappa shape index (κ1) is 17.5. The van der Waals surface area contributed by atoms with Crippen LogP contribution in [0.1, 0.15) is 24.8 Å². The lowest BCUT2D eigenvalue weighted by Gasteiger charge is -2.24. The highest BCUT2D eigenvalue weighted by Crippen LogP contribution is 2.28. The number of rotatable bonds is 5. The number of urea groups is 1. The third kappa shape index (κ3) is 3.77. The molecule has 3 amide bonds. The van der Waals surface area contributed by atoms with Gasteiger partial charge in [0.1, 0.15) is 11.6 Å². The van der Waals surface area contributed by atoms with Crippen LogP contribution in [0.15, 0.2) is 42.6 Å². The molecule has 140 valence electrons. The lowest BCUT2D eigenvalue weighted by Crippen LogP contribution is -2.32. The van der Waals surface area contributed by atoms with Crippen LogP contribution in [-0.4, -0.2) is 34.9 Å². The van der Waals surface area contributed by atoms with E-state index in [1.165, 1.54) is 12.1 Å². The number of halogens is 1. The van der Waals surface area contributed by atoms with E-state index in [-0.39, 0.29) is 23.7 Å². The number of benzene rings is 1. The van der Waals surface area contributed by atoms with E-state index in [1.54, 1.807) is 40.3 Å². The maximum Gasteiger partial charge on any atom is 0.326 e. The lowest BCUT2D eigenvalue weighted by molar-refractivity contribution is -0.122. The summed E-state index contributed by atoms with van der Waals surface area (Å²) in [5.74, 6) is 0.424. The molecule has 2 aromatic rings. The van der Waals surface area contributed by atoms with Gasteiger partial charge < -0.3 is 10.2 Å². The SMILES string of the molecule is O=C(Nc1ccc(N2CCN(Cc3ccc(F)cc3)C2=O)nc1)C1CCC1. The summed E-state index contributed by atoms with van der Waals surface area (Å²) in [6, 6.07) is 9.55. The van der Waals surface area contributed by atoms with E-state index in [1.807, 2.05) is 0 Å². The number of nitrogens with zero attached hydrogens (tertiary/aromatic N) is 3. The van der Waals surface area contributed by atoms with Gasteiger partial charge in [0.15, 0.2) is 0 Å². The number of nitrogens with one attached hydrogen (secondary N) is 1. The van der Waals surface area contributed by atoms with Gasteiger partial charge in [-0.2, -0.15) is 0 Å². The first-order valence-corrected chi connectivity index (χ1v) is 9.18. The van der Waals surface area contributed by atoms with Crippen molar-refractivity contribution in [2.45, 2.75) is 25.8 Å². The predicted octanol–water partition coefficient (Wildman–Crippen LogP) is 3.40. The fourth-order valence-electron chi connectivity index (χ4n) is 3.29. The Labute approximate surface area is 157 Å². The van der Waals surface area contributed by atoms with Gasteiger partial charge in [-0.1, -0.05) is 18.6 Å². The molecule has 0 spiro atoms. The van der Waals surface area contributed by atoms with Crippen molar-refractivity contribution in [3.05, 3.63) is 54.0 Å². The van der Waals surface area contributed by atoms with E-state index in [2.05, 4.69) is 10.3 Å². The monoisotopic (exact) mass is 368 g/mol. The Hall–Kier alpha value is -2.96. The van der Waals surface area contributed by atoms with Gasteiger partial charge in [0, 0.05) is 25.6 Å². The van der Waals surface area contributed by atoms with Gasteiger partial charge in [-0.15, -0.1) is 0 Å². The molecule has 1 aliphatic heterocycles. The van der Waals surface area contributed by atoms with Crippen molar-refractivity contribution in [3.63, 3.8) is 0 Å². The summed E-state index contributed by atoms with van der Waals surface area (Å²) in [4.78, 5) is 32.3. The zero-order valence-corrected chi connectivity index (χ0v) is 14.9. The fraction of sp³-hybridized carbons (Fsp3) is 0.350. The Morgan fingerprint density at radius 1 is 1.15 bits per heavy atom. The molecule has 2 heterocycles. The van der Waals surface area contributed by atoms with E-state index >= 15 is 0 Å². The Morgan fingerprint density at radius 3 is 2.56 bits per heavy atom. The second-order valence-electron chi connectivity index (χ2n) is 7.00. The van der Waals surface area contributed by atoms with Gasteiger partial charge in [0.05, 0.1) is 11.9 Å². The molecular formula is C20H21FN4O2. The minimum Gasteiger partial charge on any atom is -0.324 e. The number of hydrogen-bond acceptors (Lipinski definition) is 3. The second kappa shape index (κ2) is 7.34. The van der Waals surface area contributed by atoms with Crippen LogP contribution in [-0.2, 0) is 11.3 Å². The minimum atomic E-state index is -0.290. The van der Waals surface area contributed by atoms with Gasteiger partial charge in [0.2, 0.25) is 5.91 Å².